The van der Waals surface area contributed by atoms with E-state index in [0.717, 1.165) is 27.6 Å². The molecule has 1 aromatic carbocycles. The van der Waals surface area contributed by atoms with E-state index in [1.165, 1.54) is 37.7 Å². The number of hydrogen-bond acceptors (Lipinski definition) is 2. The van der Waals surface area contributed by atoms with Gasteiger partial charge >= 0.3 is 0 Å². The van der Waals surface area contributed by atoms with Gasteiger partial charge in [-0.2, -0.15) is 5.10 Å². The molecule has 118 valence electrons. The molecule has 4 heteroatoms. The van der Waals surface area contributed by atoms with Crippen LogP contribution in [-0.2, 0) is 0 Å². The van der Waals surface area contributed by atoms with E-state index in [4.69, 9.17) is 16.6 Å². The van der Waals surface area contributed by atoms with E-state index < -0.39 is 0 Å². The zero-order valence-corrected chi connectivity index (χ0v) is 14.1. The molecule has 3 nitrogen and oxygen atoms in total. The van der Waals surface area contributed by atoms with Gasteiger partial charge in [-0.25, -0.2) is 9.50 Å². The van der Waals surface area contributed by atoms with Crippen LogP contribution in [0.4, 0.5) is 0 Å². The Kier molecular flexibility index (Phi) is 3.82. The predicted octanol–water partition coefficient (Wildman–Crippen LogP) is 5.41. The van der Waals surface area contributed by atoms with Gasteiger partial charge < -0.3 is 0 Å². The zero-order chi connectivity index (χ0) is 15.8. The number of rotatable bonds is 2. The van der Waals surface area contributed by atoms with Gasteiger partial charge in [0, 0.05) is 16.8 Å². The Morgan fingerprint density at radius 2 is 1.83 bits per heavy atom. The Bertz CT molecular complexity index is 833. The SMILES string of the molecule is Cc1nc2c(-c3ccccc3)cnn2c(Cl)c1C1CCCCC1. The molecule has 2 heterocycles. The van der Waals surface area contributed by atoms with E-state index in [-0.39, 0.29) is 0 Å². The summed E-state index contributed by atoms with van der Waals surface area (Å²) in [5.41, 5.74) is 5.24. The molecule has 23 heavy (non-hydrogen) atoms. The third-order valence-corrected chi connectivity index (χ3v) is 5.28. The van der Waals surface area contributed by atoms with Crippen LogP contribution in [0, 0.1) is 6.92 Å². The molecule has 1 aliphatic carbocycles. The van der Waals surface area contributed by atoms with Gasteiger partial charge in [0.25, 0.3) is 0 Å². The van der Waals surface area contributed by atoms with Crippen LogP contribution in [0.5, 0.6) is 0 Å². The second kappa shape index (κ2) is 5.97. The van der Waals surface area contributed by atoms with Crippen LogP contribution in [0.2, 0.25) is 5.15 Å². The second-order valence-electron chi connectivity index (χ2n) is 6.40. The summed E-state index contributed by atoms with van der Waals surface area (Å²) in [7, 11) is 0. The summed E-state index contributed by atoms with van der Waals surface area (Å²) in [6.45, 7) is 2.08. The summed E-state index contributed by atoms with van der Waals surface area (Å²) >= 11 is 6.74. The average molecular weight is 326 g/mol. The lowest BCUT2D eigenvalue weighted by molar-refractivity contribution is 0.440. The topological polar surface area (TPSA) is 30.2 Å². The van der Waals surface area contributed by atoms with Crippen molar-refractivity contribution in [3.8, 4) is 11.1 Å². The minimum atomic E-state index is 0.525. The molecule has 3 aromatic rings. The lowest BCUT2D eigenvalue weighted by Crippen LogP contribution is -2.11. The highest BCUT2D eigenvalue weighted by Gasteiger charge is 2.24. The molecule has 0 amide bonds. The fraction of sp³-hybridized carbons (Fsp3) is 0.368. The average Bonchev–Trinajstić information content (AvgIpc) is 3.00. The first-order valence-electron chi connectivity index (χ1n) is 8.35. The number of benzene rings is 1. The van der Waals surface area contributed by atoms with E-state index in [1.54, 1.807) is 4.52 Å². The molecule has 1 saturated carbocycles. The molecule has 0 aliphatic heterocycles. The van der Waals surface area contributed by atoms with Crippen molar-refractivity contribution >= 4 is 17.2 Å². The molecule has 0 bridgehead atoms. The predicted molar refractivity (Wildman–Crippen MR) is 94.0 cm³/mol. The van der Waals surface area contributed by atoms with Gasteiger partial charge in [0.05, 0.1) is 6.20 Å². The number of hydrogen-bond donors (Lipinski definition) is 0. The Balaban J connectivity index is 1.87. The van der Waals surface area contributed by atoms with Crippen LogP contribution < -0.4 is 0 Å². The standard InChI is InChI=1S/C19H20ClN3/c1-13-17(15-10-6-3-7-11-15)18(20)23-19(22-13)16(12-21-23)14-8-4-2-5-9-14/h2,4-5,8-9,12,15H,3,6-7,10-11H2,1H3. The van der Waals surface area contributed by atoms with Crippen LogP contribution in [0.3, 0.4) is 0 Å². The lowest BCUT2D eigenvalue weighted by atomic mass is 9.84. The highest BCUT2D eigenvalue weighted by molar-refractivity contribution is 6.30. The molecule has 0 atom stereocenters. The van der Waals surface area contributed by atoms with E-state index >= 15 is 0 Å². The third kappa shape index (κ3) is 2.53. The number of nitrogens with zero attached hydrogens (tertiary/aromatic N) is 3. The molecule has 0 spiro atoms. The Morgan fingerprint density at radius 1 is 1.09 bits per heavy atom. The van der Waals surface area contributed by atoms with Gasteiger partial charge in [-0.05, 0) is 31.2 Å². The molecule has 0 saturated heterocycles. The van der Waals surface area contributed by atoms with Crippen molar-refractivity contribution in [1.82, 2.24) is 14.6 Å². The van der Waals surface area contributed by atoms with Gasteiger partial charge in [-0.15, -0.1) is 0 Å². The summed E-state index contributed by atoms with van der Waals surface area (Å²) < 4.78 is 1.81. The van der Waals surface area contributed by atoms with E-state index in [1.807, 2.05) is 24.4 Å². The van der Waals surface area contributed by atoms with E-state index in [9.17, 15) is 0 Å². The smallest absolute Gasteiger partial charge is 0.164 e. The summed E-state index contributed by atoms with van der Waals surface area (Å²) in [5, 5.41) is 5.25. The van der Waals surface area contributed by atoms with Crippen molar-refractivity contribution < 1.29 is 0 Å². The van der Waals surface area contributed by atoms with Crippen molar-refractivity contribution in [1.29, 1.82) is 0 Å². The van der Waals surface area contributed by atoms with Crippen LogP contribution in [0.15, 0.2) is 36.5 Å². The Labute approximate surface area is 141 Å². The fourth-order valence-electron chi connectivity index (χ4n) is 3.75. The van der Waals surface area contributed by atoms with Crippen molar-refractivity contribution in [2.45, 2.75) is 44.9 Å². The molecular weight excluding hydrogens is 306 g/mol. The number of fused-ring (bicyclic) bond motifs is 1. The highest BCUT2D eigenvalue weighted by atomic mass is 35.5. The molecule has 0 radical (unpaired) electrons. The highest BCUT2D eigenvalue weighted by Crippen LogP contribution is 2.38. The van der Waals surface area contributed by atoms with Crippen molar-refractivity contribution in [3.05, 3.63) is 52.9 Å². The number of halogens is 1. The first-order valence-corrected chi connectivity index (χ1v) is 8.72. The minimum absolute atomic E-state index is 0.525. The van der Waals surface area contributed by atoms with Gasteiger partial charge in [0.2, 0.25) is 0 Å². The van der Waals surface area contributed by atoms with Crippen LogP contribution >= 0.6 is 11.6 Å². The lowest BCUT2D eigenvalue weighted by Gasteiger charge is -2.24. The molecule has 1 fully saturated rings. The normalized spacial score (nSPS) is 16.1. The molecule has 0 N–H and O–H groups in total. The summed E-state index contributed by atoms with van der Waals surface area (Å²) in [4.78, 5) is 4.86. The summed E-state index contributed by atoms with van der Waals surface area (Å²) in [6, 6.07) is 10.2. The van der Waals surface area contributed by atoms with Gasteiger partial charge in [-0.1, -0.05) is 61.2 Å². The summed E-state index contributed by atoms with van der Waals surface area (Å²) in [6.07, 6.45) is 8.19. The van der Waals surface area contributed by atoms with Gasteiger partial charge in [0.1, 0.15) is 5.15 Å². The molecule has 0 unspecified atom stereocenters. The van der Waals surface area contributed by atoms with Crippen molar-refractivity contribution in [3.63, 3.8) is 0 Å². The van der Waals surface area contributed by atoms with Gasteiger partial charge in [0.15, 0.2) is 5.65 Å². The van der Waals surface area contributed by atoms with Crippen molar-refractivity contribution in [2.75, 3.05) is 0 Å². The third-order valence-electron chi connectivity index (χ3n) is 4.91. The fourth-order valence-corrected chi connectivity index (χ4v) is 4.17. The van der Waals surface area contributed by atoms with E-state index in [0.29, 0.717) is 5.92 Å². The zero-order valence-electron chi connectivity index (χ0n) is 13.3. The second-order valence-corrected chi connectivity index (χ2v) is 6.75. The minimum Gasteiger partial charge on any atom is -0.233 e. The Hall–Kier alpha value is -1.87. The first-order chi connectivity index (χ1) is 11.3. The quantitative estimate of drug-likeness (QED) is 0.590. The van der Waals surface area contributed by atoms with Crippen LogP contribution in [-0.4, -0.2) is 14.6 Å². The monoisotopic (exact) mass is 325 g/mol. The summed E-state index contributed by atoms with van der Waals surface area (Å²) in [5.74, 6) is 0.525. The molecule has 1 aliphatic rings. The van der Waals surface area contributed by atoms with Crippen LogP contribution in [0.25, 0.3) is 16.8 Å². The largest absolute Gasteiger partial charge is 0.233 e. The van der Waals surface area contributed by atoms with E-state index in [2.05, 4.69) is 24.2 Å². The maximum atomic E-state index is 6.74. The number of aromatic nitrogens is 3. The molecular formula is C19H20ClN3. The van der Waals surface area contributed by atoms with Crippen LogP contribution in [0.1, 0.15) is 49.3 Å². The maximum absolute atomic E-state index is 6.74. The van der Waals surface area contributed by atoms with Gasteiger partial charge in [-0.3, -0.25) is 0 Å². The Morgan fingerprint density at radius 3 is 2.57 bits per heavy atom. The molecule has 2 aromatic heterocycles. The number of aryl methyl sites for hydroxylation is 1. The van der Waals surface area contributed by atoms with Crippen molar-refractivity contribution in [2.24, 2.45) is 0 Å². The first kappa shape index (κ1) is 14.7. The molecule has 4 rings (SSSR count). The maximum Gasteiger partial charge on any atom is 0.164 e.